The molecule has 0 amide bonds. The molecule has 1 saturated carbocycles. The highest BCUT2D eigenvalue weighted by molar-refractivity contribution is 6.96. The molecule has 1 fully saturated rings. The Morgan fingerprint density at radius 3 is 1.67 bits per heavy atom. The number of aromatic hydroxyl groups is 1. The van der Waals surface area contributed by atoms with E-state index in [-0.39, 0.29) is 5.41 Å². The lowest BCUT2D eigenvalue weighted by Crippen LogP contribution is -2.50. The fraction of sp³-hybridized carbons (Fsp3) is 0.500. The molecule has 1 aliphatic rings. The number of hydrogen-bond donors (Lipinski definition) is 1. The molecule has 24 heavy (non-hydrogen) atoms. The smallest absolute Gasteiger partial charge is 0.118 e. The van der Waals surface area contributed by atoms with Gasteiger partial charge in [-0.3, -0.25) is 0 Å². The third-order valence-electron chi connectivity index (χ3n) is 5.80. The summed E-state index contributed by atoms with van der Waals surface area (Å²) in [6, 6.07) is 4.36. The van der Waals surface area contributed by atoms with Crippen molar-refractivity contribution in [3.8, 4) is 5.75 Å². The standard InChI is InChI=1S/C22H33OSi/c1-13-11-18(22(6,7)8)20(23)19(12-13)24(9,10)21-16(4)14(2)15(3)17(21)5/h11-12,23H,1-10H3. The molecule has 0 atom stereocenters. The van der Waals surface area contributed by atoms with Crippen molar-refractivity contribution in [1.29, 1.82) is 0 Å². The molecule has 0 saturated heterocycles. The molecule has 2 rings (SSSR count). The SMILES string of the molecule is C[C]1[C](C)[C](C)[C]([Si](C)(C)c2cc(C)cc(C(C)(C)C)c2O)[C]1C. The van der Waals surface area contributed by atoms with Gasteiger partial charge in [-0.2, -0.15) is 0 Å². The first-order valence-electron chi connectivity index (χ1n) is 8.88. The van der Waals surface area contributed by atoms with Gasteiger partial charge in [0.25, 0.3) is 0 Å². The second-order valence-corrected chi connectivity index (χ2v) is 13.2. The van der Waals surface area contributed by atoms with Gasteiger partial charge in [-0.15, -0.1) is 0 Å². The Labute approximate surface area is 150 Å². The number of aryl methyl sites for hydroxylation is 1. The maximum Gasteiger partial charge on any atom is 0.118 e. The molecule has 1 aromatic rings. The van der Waals surface area contributed by atoms with Crippen LogP contribution >= 0.6 is 0 Å². The van der Waals surface area contributed by atoms with Crippen molar-refractivity contribution in [1.82, 2.24) is 0 Å². The number of phenols is 1. The van der Waals surface area contributed by atoms with Crippen molar-refractivity contribution in [3.05, 3.63) is 52.5 Å². The predicted octanol–water partition coefficient (Wildman–Crippen LogP) is 5.42. The zero-order valence-corrected chi connectivity index (χ0v) is 18.1. The van der Waals surface area contributed by atoms with Crippen LogP contribution in [0.1, 0.15) is 59.6 Å². The first kappa shape index (κ1) is 19.6. The van der Waals surface area contributed by atoms with E-state index < -0.39 is 8.07 Å². The summed E-state index contributed by atoms with van der Waals surface area (Å²) in [6.07, 6.45) is 0. The summed E-state index contributed by atoms with van der Waals surface area (Å²) in [7, 11) is -1.99. The molecule has 131 valence electrons. The number of rotatable bonds is 2. The summed E-state index contributed by atoms with van der Waals surface area (Å²) in [5, 5.41) is 12.3. The van der Waals surface area contributed by atoms with E-state index in [1.54, 1.807) is 0 Å². The van der Waals surface area contributed by atoms with Gasteiger partial charge in [0.2, 0.25) is 0 Å². The average molecular weight is 342 g/mol. The van der Waals surface area contributed by atoms with E-state index in [1.165, 1.54) is 40.0 Å². The molecular formula is C22H33OSi. The lowest BCUT2D eigenvalue weighted by atomic mass is 9.85. The van der Waals surface area contributed by atoms with Crippen molar-refractivity contribution in [2.75, 3.05) is 0 Å². The van der Waals surface area contributed by atoms with Crippen LogP contribution in [0, 0.1) is 36.1 Å². The molecule has 5 radical (unpaired) electrons. The van der Waals surface area contributed by atoms with E-state index in [9.17, 15) is 5.11 Å². The van der Waals surface area contributed by atoms with E-state index in [1.807, 2.05) is 0 Å². The molecule has 0 aromatic heterocycles. The normalized spacial score (nSPS) is 20.2. The van der Waals surface area contributed by atoms with Crippen LogP contribution in [0.4, 0.5) is 0 Å². The fourth-order valence-corrected chi connectivity index (χ4v) is 7.95. The summed E-state index contributed by atoms with van der Waals surface area (Å²) < 4.78 is 0. The van der Waals surface area contributed by atoms with Gasteiger partial charge in [0.15, 0.2) is 0 Å². The Kier molecular flexibility index (Phi) is 5.05. The molecule has 0 spiro atoms. The van der Waals surface area contributed by atoms with Crippen LogP contribution in [-0.2, 0) is 5.41 Å². The minimum atomic E-state index is -1.99. The highest BCUT2D eigenvalue weighted by atomic mass is 28.3. The van der Waals surface area contributed by atoms with Gasteiger partial charge in [-0.1, -0.05) is 79.3 Å². The van der Waals surface area contributed by atoms with Gasteiger partial charge in [0.1, 0.15) is 5.75 Å². The second kappa shape index (κ2) is 6.19. The van der Waals surface area contributed by atoms with Crippen LogP contribution in [0.15, 0.2) is 12.1 Å². The Bertz CT molecular complexity index is 597. The van der Waals surface area contributed by atoms with Gasteiger partial charge in [0, 0.05) is 0 Å². The van der Waals surface area contributed by atoms with Crippen molar-refractivity contribution in [3.63, 3.8) is 0 Å². The van der Waals surface area contributed by atoms with Crippen molar-refractivity contribution < 1.29 is 5.11 Å². The number of phenolic OH excluding ortho intramolecular Hbond substituents is 1. The topological polar surface area (TPSA) is 20.2 Å². The molecule has 0 unspecified atom stereocenters. The molecule has 1 N–H and O–H groups in total. The van der Waals surface area contributed by atoms with E-state index >= 15 is 0 Å². The van der Waals surface area contributed by atoms with Crippen LogP contribution in [0.3, 0.4) is 0 Å². The molecule has 0 heterocycles. The maximum atomic E-state index is 11.1. The fourth-order valence-electron chi connectivity index (χ4n) is 4.12. The van der Waals surface area contributed by atoms with Gasteiger partial charge >= 0.3 is 0 Å². The Morgan fingerprint density at radius 1 is 0.792 bits per heavy atom. The first-order valence-corrected chi connectivity index (χ1v) is 11.9. The third kappa shape index (κ3) is 3.07. The number of benzene rings is 1. The molecule has 1 aromatic carbocycles. The van der Waals surface area contributed by atoms with E-state index in [0.29, 0.717) is 5.75 Å². The first-order chi connectivity index (χ1) is 10.8. The number of hydrogen-bond acceptors (Lipinski definition) is 1. The maximum absolute atomic E-state index is 11.1. The Morgan fingerprint density at radius 2 is 1.25 bits per heavy atom. The van der Waals surface area contributed by atoms with Crippen LogP contribution in [0.25, 0.3) is 0 Å². The van der Waals surface area contributed by atoms with E-state index in [2.05, 4.69) is 80.6 Å². The zero-order valence-electron chi connectivity index (χ0n) is 17.1. The average Bonchev–Trinajstić information content (AvgIpc) is 2.64. The van der Waals surface area contributed by atoms with Gasteiger partial charge < -0.3 is 5.11 Å². The molecule has 0 aliphatic heterocycles. The summed E-state index contributed by atoms with van der Waals surface area (Å²) in [6.45, 7) is 22.4. The molecule has 2 heteroatoms. The second-order valence-electron chi connectivity index (χ2n) is 8.96. The lowest BCUT2D eigenvalue weighted by molar-refractivity contribution is 0.450. The van der Waals surface area contributed by atoms with Crippen LogP contribution in [0.5, 0.6) is 5.75 Å². The van der Waals surface area contributed by atoms with Gasteiger partial charge in [0.05, 0.1) is 8.07 Å². The van der Waals surface area contributed by atoms with E-state index in [0.717, 1.165) is 5.56 Å². The van der Waals surface area contributed by atoms with Crippen LogP contribution < -0.4 is 5.19 Å². The van der Waals surface area contributed by atoms with E-state index in [4.69, 9.17) is 0 Å². The Balaban J connectivity index is 2.60. The lowest BCUT2D eigenvalue weighted by Gasteiger charge is -2.37. The summed E-state index contributed by atoms with van der Waals surface area (Å²) in [5.41, 5.74) is 3.74. The molecule has 1 nitrogen and oxygen atoms in total. The molecular weight excluding hydrogens is 308 g/mol. The van der Waals surface area contributed by atoms with Crippen molar-refractivity contribution in [2.45, 2.75) is 73.9 Å². The monoisotopic (exact) mass is 341 g/mol. The molecule has 0 bridgehead atoms. The quantitative estimate of drug-likeness (QED) is 0.712. The largest absolute Gasteiger partial charge is 0.508 e. The summed E-state index contributed by atoms with van der Waals surface area (Å²) in [5.74, 6) is 6.16. The Hall–Kier alpha value is -0.763. The zero-order chi connectivity index (χ0) is 18.6. The highest BCUT2D eigenvalue weighted by Gasteiger charge is 2.52. The van der Waals surface area contributed by atoms with Gasteiger partial charge in [-0.25, -0.2) is 0 Å². The van der Waals surface area contributed by atoms with Crippen LogP contribution in [-0.4, -0.2) is 13.2 Å². The predicted molar refractivity (Wildman–Crippen MR) is 108 cm³/mol. The van der Waals surface area contributed by atoms with Gasteiger partial charge in [-0.05, 0) is 52.3 Å². The third-order valence-corrected chi connectivity index (χ3v) is 9.53. The minimum Gasteiger partial charge on any atom is -0.508 e. The highest BCUT2D eigenvalue weighted by Crippen LogP contribution is 2.55. The molecule has 1 aliphatic carbocycles. The summed E-state index contributed by atoms with van der Waals surface area (Å²) in [4.78, 5) is 0. The van der Waals surface area contributed by atoms with Crippen molar-refractivity contribution >= 4 is 13.3 Å². The summed E-state index contributed by atoms with van der Waals surface area (Å²) >= 11 is 0. The minimum absolute atomic E-state index is 0.0583. The van der Waals surface area contributed by atoms with Crippen molar-refractivity contribution in [2.24, 2.45) is 0 Å². The van der Waals surface area contributed by atoms with Crippen LogP contribution in [0.2, 0.25) is 13.1 Å².